The van der Waals surface area contributed by atoms with Crippen molar-refractivity contribution >= 4 is 50.0 Å². The second-order valence-electron chi connectivity index (χ2n) is 9.06. The Morgan fingerprint density at radius 2 is 1.76 bits per heavy atom. The molecular formula is C30H27BrN2O4. The Morgan fingerprint density at radius 3 is 2.43 bits per heavy atom. The number of Topliss-reactive ketones (excluding diaryl/α,β-unsaturated/α-hetero) is 1. The molecule has 0 bridgehead atoms. The molecule has 3 aromatic carbocycles. The lowest BCUT2D eigenvalue weighted by Gasteiger charge is -2.28. The zero-order chi connectivity index (χ0) is 26.3. The number of anilines is 2. The Bertz CT molecular complexity index is 1530. The van der Waals surface area contributed by atoms with Crippen molar-refractivity contribution in [3.8, 4) is 0 Å². The van der Waals surface area contributed by atoms with Gasteiger partial charge in [0.15, 0.2) is 11.5 Å². The van der Waals surface area contributed by atoms with Crippen LogP contribution in [0.5, 0.6) is 0 Å². The number of carbonyl (C=O) groups is 2. The minimum Gasteiger partial charge on any atom is -0.503 e. The van der Waals surface area contributed by atoms with Crippen molar-refractivity contribution in [3.05, 3.63) is 105 Å². The van der Waals surface area contributed by atoms with Crippen LogP contribution >= 0.6 is 15.9 Å². The van der Waals surface area contributed by atoms with Gasteiger partial charge in [-0.25, -0.2) is 0 Å². The van der Waals surface area contributed by atoms with Gasteiger partial charge in [-0.1, -0.05) is 40.2 Å². The first-order valence-electron chi connectivity index (χ1n) is 12.2. The molecule has 1 N–H and O–H groups in total. The van der Waals surface area contributed by atoms with E-state index in [9.17, 15) is 14.7 Å². The molecule has 0 saturated heterocycles. The fraction of sp³-hybridized carbons (Fsp3) is 0.200. The third kappa shape index (κ3) is 4.44. The summed E-state index contributed by atoms with van der Waals surface area (Å²) in [6, 6.07) is 21.5. The number of hydrogen-bond acceptors (Lipinski definition) is 5. The first kappa shape index (κ1) is 24.8. The Labute approximate surface area is 223 Å². The van der Waals surface area contributed by atoms with Gasteiger partial charge in [0.2, 0.25) is 5.78 Å². The van der Waals surface area contributed by atoms with Crippen LogP contribution in [0.15, 0.2) is 93.0 Å². The Morgan fingerprint density at radius 1 is 1.03 bits per heavy atom. The van der Waals surface area contributed by atoms with Gasteiger partial charge in [-0.05, 0) is 80.4 Å². The molecule has 0 fully saturated rings. The van der Waals surface area contributed by atoms with Crippen molar-refractivity contribution in [1.82, 2.24) is 0 Å². The summed E-state index contributed by atoms with van der Waals surface area (Å²) < 4.78 is 6.71. The molecule has 2 heterocycles. The molecule has 7 heteroatoms. The second kappa shape index (κ2) is 9.90. The van der Waals surface area contributed by atoms with Gasteiger partial charge in [0.05, 0.1) is 11.6 Å². The van der Waals surface area contributed by atoms with E-state index in [1.807, 2.05) is 67.6 Å². The third-order valence-corrected chi connectivity index (χ3v) is 7.27. The van der Waals surface area contributed by atoms with E-state index >= 15 is 0 Å². The average molecular weight is 559 g/mol. The Kier molecular flexibility index (Phi) is 6.65. The molecule has 1 aromatic heterocycles. The van der Waals surface area contributed by atoms with E-state index in [1.54, 1.807) is 12.1 Å². The lowest BCUT2D eigenvalue weighted by Crippen LogP contribution is -2.31. The molecular weight excluding hydrogens is 532 g/mol. The number of ketones is 1. The van der Waals surface area contributed by atoms with Crippen LogP contribution in [0.1, 0.15) is 41.6 Å². The Hall–Kier alpha value is -3.84. The molecule has 1 amide bonds. The molecule has 1 aliphatic rings. The first-order valence-corrected chi connectivity index (χ1v) is 13.0. The smallest absolute Gasteiger partial charge is 0.294 e. The van der Waals surface area contributed by atoms with Gasteiger partial charge >= 0.3 is 0 Å². The number of furan rings is 1. The van der Waals surface area contributed by atoms with Crippen molar-refractivity contribution in [3.63, 3.8) is 0 Å². The van der Waals surface area contributed by atoms with Crippen LogP contribution < -0.4 is 9.80 Å². The highest BCUT2D eigenvalue weighted by molar-refractivity contribution is 9.10. The predicted octanol–water partition coefficient (Wildman–Crippen LogP) is 7.13. The molecule has 0 saturated carbocycles. The highest BCUT2D eigenvalue weighted by Gasteiger charge is 2.45. The highest BCUT2D eigenvalue weighted by Crippen LogP contribution is 2.43. The van der Waals surface area contributed by atoms with Crippen LogP contribution in [-0.2, 0) is 4.79 Å². The normalized spacial score (nSPS) is 15.6. The number of aliphatic hydroxyl groups is 1. The van der Waals surface area contributed by atoms with Crippen LogP contribution in [0.4, 0.5) is 11.4 Å². The van der Waals surface area contributed by atoms with Gasteiger partial charge in [0.1, 0.15) is 5.58 Å². The fourth-order valence-corrected chi connectivity index (χ4v) is 5.29. The predicted molar refractivity (Wildman–Crippen MR) is 149 cm³/mol. The van der Waals surface area contributed by atoms with Crippen molar-refractivity contribution in [2.45, 2.75) is 26.8 Å². The summed E-state index contributed by atoms with van der Waals surface area (Å²) in [7, 11) is 0. The van der Waals surface area contributed by atoms with Crippen LogP contribution in [0.2, 0.25) is 0 Å². The van der Waals surface area contributed by atoms with Gasteiger partial charge in [-0.3, -0.25) is 14.5 Å². The molecule has 5 rings (SSSR count). The molecule has 6 nitrogen and oxygen atoms in total. The molecule has 188 valence electrons. The topological polar surface area (TPSA) is 74.0 Å². The van der Waals surface area contributed by atoms with Gasteiger partial charge < -0.3 is 14.4 Å². The monoisotopic (exact) mass is 558 g/mol. The highest BCUT2D eigenvalue weighted by atomic mass is 79.9. The number of benzene rings is 3. The van der Waals surface area contributed by atoms with Gasteiger partial charge in [0.25, 0.3) is 5.91 Å². The van der Waals surface area contributed by atoms with E-state index < -0.39 is 23.5 Å². The minimum atomic E-state index is -0.812. The van der Waals surface area contributed by atoms with Crippen LogP contribution in [0.25, 0.3) is 11.0 Å². The van der Waals surface area contributed by atoms with Gasteiger partial charge in [-0.15, -0.1) is 0 Å². The molecule has 0 radical (unpaired) electrons. The lowest BCUT2D eigenvalue weighted by atomic mass is 9.94. The maximum absolute atomic E-state index is 13.8. The van der Waals surface area contributed by atoms with E-state index in [1.165, 1.54) is 4.90 Å². The summed E-state index contributed by atoms with van der Waals surface area (Å²) in [5, 5.41) is 11.8. The van der Waals surface area contributed by atoms with Gasteiger partial charge in [-0.2, -0.15) is 0 Å². The lowest BCUT2D eigenvalue weighted by molar-refractivity contribution is -0.117. The summed E-state index contributed by atoms with van der Waals surface area (Å²) in [4.78, 5) is 31.0. The number of aryl methyl sites for hydroxylation is 1. The number of carbonyl (C=O) groups excluding carboxylic acids is 2. The summed E-state index contributed by atoms with van der Waals surface area (Å²) >= 11 is 3.44. The molecule has 0 aliphatic carbocycles. The largest absolute Gasteiger partial charge is 0.503 e. The number of fused-ring (bicyclic) bond motifs is 1. The van der Waals surface area contributed by atoms with Crippen molar-refractivity contribution < 1.29 is 19.1 Å². The minimum absolute atomic E-state index is 0.000201. The van der Waals surface area contributed by atoms with Crippen molar-refractivity contribution in [2.24, 2.45) is 0 Å². The standard InChI is InChI=1S/C30H27BrN2O4/c1-4-32(5-2)22-12-9-19(10-13-22)27-26(28(34)25-17-20-16-21(31)11-14-24(20)37-25)29(35)30(36)33(27)23-8-6-7-18(3)15-23/h6-17,27,35H,4-5H2,1-3H3. The number of halogens is 1. The summed E-state index contributed by atoms with van der Waals surface area (Å²) in [6.07, 6.45) is 0. The zero-order valence-electron chi connectivity index (χ0n) is 20.9. The zero-order valence-corrected chi connectivity index (χ0v) is 22.5. The summed E-state index contributed by atoms with van der Waals surface area (Å²) in [6.45, 7) is 7.84. The Balaban J connectivity index is 1.63. The van der Waals surface area contributed by atoms with E-state index in [0.717, 1.165) is 39.8 Å². The number of nitrogens with zero attached hydrogens (tertiary/aromatic N) is 2. The van der Waals surface area contributed by atoms with Crippen molar-refractivity contribution in [1.29, 1.82) is 0 Å². The number of rotatable bonds is 7. The average Bonchev–Trinajstić information content (AvgIpc) is 3.43. The number of aliphatic hydroxyl groups excluding tert-OH is 1. The summed E-state index contributed by atoms with van der Waals surface area (Å²) in [5.41, 5.74) is 3.88. The van der Waals surface area contributed by atoms with Crippen LogP contribution in [0.3, 0.4) is 0 Å². The maximum atomic E-state index is 13.8. The van der Waals surface area contributed by atoms with E-state index in [0.29, 0.717) is 11.3 Å². The van der Waals surface area contributed by atoms with Crippen LogP contribution in [0, 0.1) is 6.92 Å². The molecule has 1 aliphatic heterocycles. The van der Waals surface area contributed by atoms with E-state index in [2.05, 4.69) is 34.7 Å². The maximum Gasteiger partial charge on any atom is 0.294 e. The molecule has 0 spiro atoms. The molecule has 1 unspecified atom stereocenters. The van der Waals surface area contributed by atoms with E-state index in [-0.39, 0.29) is 11.3 Å². The second-order valence-corrected chi connectivity index (χ2v) is 9.98. The quantitative estimate of drug-likeness (QED) is 0.244. The molecule has 4 aromatic rings. The first-order chi connectivity index (χ1) is 17.8. The molecule has 37 heavy (non-hydrogen) atoms. The van der Waals surface area contributed by atoms with Crippen molar-refractivity contribution in [2.75, 3.05) is 22.9 Å². The van der Waals surface area contributed by atoms with Gasteiger partial charge in [0, 0.05) is 34.3 Å². The van der Waals surface area contributed by atoms with E-state index in [4.69, 9.17) is 4.42 Å². The van der Waals surface area contributed by atoms with Crippen LogP contribution in [-0.4, -0.2) is 29.9 Å². The summed E-state index contributed by atoms with van der Waals surface area (Å²) in [5.74, 6) is -1.64. The number of amides is 1. The molecule has 1 atom stereocenters. The third-order valence-electron chi connectivity index (χ3n) is 6.77. The number of hydrogen-bond donors (Lipinski definition) is 1. The SMILES string of the molecule is CCN(CC)c1ccc(C2C(C(=O)c3cc4cc(Br)ccc4o3)=C(O)C(=O)N2c2cccc(C)c2)cc1. The fourth-order valence-electron chi connectivity index (χ4n) is 4.91.